The molecule has 24 heavy (non-hydrogen) atoms. The van der Waals surface area contributed by atoms with Crippen LogP contribution >= 0.6 is 0 Å². The van der Waals surface area contributed by atoms with Crippen LogP contribution in [0.25, 0.3) is 5.69 Å². The third kappa shape index (κ3) is 2.60. The largest absolute Gasteiger partial charge is 0.316 e. The van der Waals surface area contributed by atoms with Crippen LogP contribution < -0.4 is 11.1 Å². The van der Waals surface area contributed by atoms with Crippen LogP contribution in [0.5, 0.6) is 0 Å². The van der Waals surface area contributed by atoms with Crippen LogP contribution in [-0.4, -0.2) is 18.9 Å². The highest BCUT2D eigenvalue weighted by Gasteiger charge is 2.21. The second kappa shape index (κ2) is 5.96. The number of hydrogen-bond acceptors (Lipinski definition) is 3. The van der Waals surface area contributed by atoms with E-state index in [0.717, 1.165) is 30.5 Å². The van der Waals surface area contributed by atoms with E-state index < -0.39 is 11.1 Å². The van der Waals surface area contributed by atoms with Crippen LogP contribution in [0.1, 0.15) is 30.9 Å². The van der Waals surface area contributed by atoms with Gasteiger partial charge >= 0.3 is 11.1 Å². The molecule has 0 spiro atoms. The van der Waals surface area contributed by atoms with E-state index in [1.165, 1.54) is 4.57 Å². The lowest BCUT2D eigenvalue weighted by molar-refractivity contribution is 0.303. The predicted octanol–water partition coefficient (Wildman–Crippen LogP) is 1.97. The molecular formula is C18H18N4O2. The van der Waals surface area contributed by atoms with Crippen molar-refractivity contribution in [3.05, 3.63) is 81.4 Å². The topological polar surface area (TPSA) is 61.8 Å². The van der Waals surface area contributed by atoms with E-state index in [9.17, 15) is 9.59 Å². The van der Waals surface area contributed by atoms with Crippen molar-refractivity contribution < 1.29 is 0 Å². The average molecular weight is 322 g/mol. The number of hydrogen-bond donors (Lipinski definition) is 0. The Kier molecular flexibility index (Phi) is 3.65. The summed E-state index contributed by atoms with van der Waals surface area (Å²) < 4.78 is 4.79. The highest BCUT2D eigenvalue weighted by atomic mass is 16.2. The Labute approximate surface area is 138 Å². The zero-order valence-corrected chi connectivity index (χ0v) is 13.2. The van der Waals surface area contributed by atoms with Crippen LogP contribution in [0, 0.1) is 0 Å². The van der Waals surface area contributed by atoms with Crippen molar-refractivity contribution >= 4 is 0 Å². The van der Waals surface area contributed by atoms with Crippen LogP contribution in [0.2, 0.25) is 0 Å². The number of para-hydroxylation sites is 1. The summed E-state index contributed by atoms with van der Waals surface area (Å²) in [6, 6.07) is 9.96. The molecule has 1 aliphatic carbocycles. The molecule has 1 fully saturated rings. The summed E-state index contributed by atoms with van der Waals surface area (Å²) >= 11 is 0. The zero-order valence-electron chi connectivity index (χ0n) is 13.2. The molecule has 0 amide bonds. The van der Waals surface area contributed by atoms with Crippen LogP contribution in [0.15, 0.2) is 64.7 Å². The molecule has 0 N–H and O–H groups in total. The Morgan fingerprint density at radius 2 is 1.83 bits per heavy atom. The molecule has 1 aromatic carbocycles. The molecule has 1 saturated carbocycles. The van der Waals surface area contributed by atoms with Gasteiger partial charge in [0.2, 0.25) is 0 Å². The van der Waals surface area contributed by atoms with E-state index >= 15 is 0 Å². The third-order valence-electron chi connectivity index (χ3n) is 4.56. The summed E-state index contributed by atoms with van der Waals surface area (Å²) in [7, 11) is 0. The van der Waals surface area contributed by atoms with Gasteiger partial charge in [0, 0.05) is 30.2 Å². The molecule has 3 aromatic rings. The summed E-state index contributed by atoms with van der Waals surface area (Å²) in [6.07, 6.45) is 10.1. The average Bonchev–Trinajstić information content (AvgIpc) is 3.02. The smallest absolute Gasteiger partial charge is 0.306 e. The first-order chi connectivity index (χ1) is 11.7. The quantitative estimate of drug-likeness (QED) is 0.690. The van der Waals surface area contributed by atoms with E-state index in [1.54, 1.807) is 27.8 Å². The zero-order chi connectivity index (χ0) is 16.5. The van der Waals surface area contributed by atoms with E-state index in [1.807, 2.05) is 36.5 Å². The Morgan fingerprint density at radius 3 is 2.54 bits per heavy atom. The summed E-state index contributed by atoms with van der Waals surface area (Å²) in [6.45, 7) is 0.340. The van der Waals surface area contributed by atoms with Crippen molar-refractivity contribution in [2.24, 2.45) is 0 Å². The van der Waals surface area contributed by atoms with Gasteiger partial charge in [-0.25, -0.2) is 4.68 Å². The second-order valence-corrected chi connectivity index (χ2v) is 6.16. The maximum Gasteiger partial charge on any atom is 0.316 e. The Morgan fingerprint density at radius 1 is 1.04 bits per heavy atom. The fraction of sp³-hybridized carbons (Fsp3) is 0.278. The molecule has 1 aliphatic rings. The number of nitrogens with zero attached hydrogens (tertiary/aromatic N) is 4. The first kappa shape index (κ1) is 14.7. The third-order valence-corrected chi connectivity index (χ3v) is 4.56. The van der Waals surface area contributed by atoms with Gasteiger partial charge in [-0.05, 0) is 31.4 Å². The monoisotopic (exact) mass is 322 g/mol. The molecule has 0 atom stereocenters. The minimum atomic E-state index is -0.475. The highest BCUT2D eigenvalue weighted by molar-refractivity contribution is 5.30. The first-order valence-electron chi connectivity index (χ1n) is 8.13. The standard InChI is InChI=1S/C18H18N4O2/c23-17-18(24)21(15-7-4-8-15)10-9-20(17)12-14-11-19-22(13-14)16-5-2-1-3-6-16/h1-3,5-6,9-11,13,15H,4,7-8,12H2. The maximum absolute atomic E-state index is 12.3. The summed E-state index contributed by atoms with van der Waals surface area (Å²) in [5, 5.41) is 4.32. The van der Waals surface area contributed by atoms with Gasteiger partial charge in [0.15, 0.2) is 0 Å². The van der Waals surface area contributed by atoms with Crippen LogP contribution in [-0.2, 0) is 6.54 Å². The van der Waals surface area contributed by atoms with Crippen molar-refractivity contribution in [3.8, 4) is 5.69 Å². The molecule has 0 bridgehead atoms. The van der Waals surface area contributed by atoms with Gasteiger partial charge in [0.05, 0.1) is 18.4 Å². The summed E-state index contributed by atoms with van der Waals surface area (Å²) in [4.78, 5) is 24.6. The van der Waals surface area contributed by atoms with E-state index in [-0.39, 0.29) is 6.04 Å². The second-order valence-electron chi connectivity index (χ2n) is 6.16. The van der Waals surface area contributed by atoms with Crippen molar-refractivity contribution in [2.45, 2.75) is 31.8 Å². The van der Waals surface area contributed by atoms with E-state index in [2.05, 4.69) is 5.10 Å². The number of rotatable bonds is 4. The summed E-state index contributed by atoms with van der Waals surface area (Å²) in [5.41, 5.74) is 0.924. The van der Waals surface area contributed by atoms with Crippen molar-refractivity contribution in [2.75, 3.05) is 0 Å². The van der Waals surface area contributed by atoms with Crippen molar-refractivity contribution in [3.63, 3.8) is 0 Å². The fourth-order valence-electron chi connectivity index (χ4n) is 2.96. The Balaban J connectivity index is 1.60. The minimum absolute atomic E-state index is 0.195. The fourth-order valence-corrected chi connectivity index (χ4v) is 2.96. The molecule has 6 heteroatoms. The SMILES string of the molecule is O=c1c(=O)n(C2CCC2)ccn1Cc1cnn(-c2ccccc2)c1. The molecule has 0 radical (unpaired) electrons. The van der Waals surface area contributed by atoms with E-state index in [0.29, 0.717) is 6.54 Å². The molecular weight excluding hydrogens is 304 g/mol. The molecule has 2 heterocycles. The molecule has 0 aliphatic heterocycles. The van der Waals surface area contributed by atoms with E-state index in [4.69, 9.17) is 0 Å². The van der Waals surface area contributed by atoms with Gasteiger partial charge < -0.3 is 9.13 Å². The number of aromatic nitrogens is 4. The van der Waals surface area contributed by atoms with Gasteiger partial charge in [-0.3, -0.25) is 9.59 Å². The van der Waals surface area contributed by atoms with Crippen LogP contribution in [0.4, 0.5) is 0 Å². The highest BCUT2D eigenvalue weighted by Crippen LogP contribution is 2.29. The van der Waals surface area contributed by atoms with Gasteiger partial charge in [-0.15, -0.1) is 0 Å². The van der Waals surface area contributed by atoms with Gasteiger partial charge in [0.25, 0.3) is 0 Å². The minimum Gasteiger partial charge on any atom is -0.306 e. The summed E-state index contributed by atoms with van der Waals surface area (Å²) in [5.74, 6) is 0. The molecule has 6 nitrogen and oxygen atoms in total. The molecule has 2 aromatic heterocycles. The Hall–Kier alpha value is -2.89. The molecule has 4 rings (SSSR count). The first-order valence-corrected chi connectivity index (χ1v) is 8.13. The normalized spacial score (nSPS) is 14.5. The Bertz CT molecular complexity index is 964. The van der Waals surface area contributed by atoms with Crippen molar-refractivity contribution in [1.29, 1.82) is 0 Å². The van der Waals surface area contributed by atoms with Gasteiger partial charge in [-0.2, -0.15) is 5.10 Å². The molecule has 0 saturated heterocycles. The maximum atomic E-state index is 12.3. The predicted molar refractivity (Wildman–Crippen MR) is 90.5 cm³/mol. The lowest BCUT2D eigenvalue weighted by Gasteiger charge is -2.27. The van der Waals surface area contributed by atoms with Gasteiger partial charge in [-0.1, -0.05) is 18.2 Å². The van der Waals surface area contributed by atoms with Crippen molar-refractivity contribution in [1.82, 2.24) is 18.9 Å². The van der Waals surface area contributed by atoms with Crippen LogP contribution in [0.3, 0.4) is 0 Å². The molecule has 122 valence electrons. The van der Waals surface area contributed by atoms with Gasteiger partial charge in [0.1, 0.15) is 0 Å². The lowest BCUT2D eigenvalue weighted by atomic mass is 9.93. The lowest BCUT2D eigenvalue weighted by Crippen LogP contribution is -2.43. The molecule has 0 unspecified atom stereocenters. The number of benzene rings is 1.